The topological polar surface area (TPSA) is 189 Å². The Hall–Kier alpha value is -11.6. The molecule has 20 rings (SSSR count). The molecule has 12 N–H and O–H groups in total. The van der Waals surface area contributed by atoms with Gasteiger partial charge in [-0.05, 0) is 257 Å². The summed E-state index contributed by atoms with van der Waals surface area (Å²) in [4.78, 5) is 41.6. The van der Waals surface area contributed by atoms with E-state index in [4.69, 9.17) is 46.4 Å². The van der Waals surface area contributed by atoms with Crippen LogP contribution in [0.2, 0.25) is 20.1 Å². The number of hydrogen-bond donors (Lipinski definition) is 12. The molecule has 0 aliphatic carbocycles. The first-order chi connectivity index (χ1) is 56.0. The number of benzene rings is 8. The van der Waals surface area contributed by atoms with Crippen molar-refractivity contribution in [2.75, 3.05) is 0 Å². The Morgan fingerprint density at radius 1 is 0.259 bits per heavy atom. The fourth-order valence-electron chi connectivity index (χ4n) is 18.6. The average Bonchev–Trinajstić information content (AvgIpc) is 1.61. The highest BCUT2D eigenvalue weighted by Crippen LogP contribution is 2.52. The Labute approximate surface area is 695 Å². The van der Waals surface area contributed by atoms with Gasteiger partial charge in [0, 0.05) is 246 Å². The zero-order valence-electron chi connectivity index (χ0n) is 68.1. The Kier molecular flexibility index (Phi) is 20.5. The van der Waals surface area contributed by atoms with E-state index in [1.165, 1.54) is 139 Å². The van der Waals surface area contributed by atoms with E-state index >= 15 is 0 Å². The first kappa shape index (κ1) is 77.0. The fourth-order valence-corrected chi connectivity index (χ4v) is 19.6. The summed E-state index contributed by atoms with van der Waals surface area (Å²) in [5, 5.41) is 12.7. The third-order valence-corrected chi connectivity index (χ3v) is 24.9. The molecule has 0 spiro atoms. The lowest BCUT2D eigenvalue weighted by atomic mass is 9.88. The zero-order chi connectivity index (χ0) is 81.0. The summed E-state index contributed by atoms with van der Waals surface area (Å²) >= 11 is 27.1. The van der Waals surface area contributed by atoms with Crippen LogP contribution >= 0.6 is 46.4 Å². The minimum absolute atomic E-state index is 0.337. The van der Waals surface area contributed by atoms with Crippen molar-refractivity contribution in [3.05, 3.63) is 283 Å². The van der Waals surface area contributed by atoms with Crippen molar-refractivity contribution in [1.29, 1.82) is 0 Å². The van der Waals surface area contributed by atoms with Crippen molar-refractivity contribution in [1.82, 2.24) is 59.8 Å². The molecule has 0 saturated heterocycles. The van der Waals surface area contributed by atoms with Gasteiger partial charge in [-0.15, -0.1) is 0 Å². The summed E-state index contributed by atoms with van der Waals surface area (Å²) in [5.74, 6) is 1.01. The molecule has 12 aromatic heterocycles. The third-order valence-electron chi connectivity index (χ3n) is 23.7. The first-order valence-electron chi connectivity index (χ1n) is 40.3. The summed E-state index contributed by atoms with van der Waals surface area (Å²) < 4.78 is 0. The minimum atomic E-state index is 0.337. The molecule has 0 saturated carbocycles. The van der Waals surface area contributed by atoms with E-state index in [0.717, 1.165) is 138 Å². The maximum Gasteiger partial charge on any atom is 0.0507 e. The smallest absolute Gasteiger partial charge is 0.0507 e. The van der Waals surface area contributed by atoms with Gasteiger partial charge in [0.2, 0.25) is 0 Å². The summed E-state index contributed by atoms with van der Waals surface area (Å²) in [7, 11) is 0. The van der Waals surface area contributed by atoms with Crippen molar-refractivity contribution >= 4 is 134 Å². The molecular weight excluding hydrogens is 1510 g/mol. The molecule has 0 unspecified atom stereocenters. The molecular formula is C100H96Cl4N12. The summed E-state index contributed by atoms with van der Waals surface area (Å²) in [6, 6.07) is 51.0. The normalized spacial score (nSPS) is 11.9. The number of fused-ring (bicyclic) bond motifs is 8. The standard InChI is InChI=1S/C26H26ClN3.2C25H24ClN3.C24H22ClN3/c1-5-16-12-19(17-8-10-29-22(17)13-16)26-23(14(2)3)24(15(4)30-26)25-18-9-11-28-21(18)7-6-20(25)27;1-13(2)21-23(24-17-10-12-28-20(17)8-6-18(24)26)15(4)29-25(21)22-14(3)5-7-19-16(22)9-11-27-19;1-13(2)22-23(24-17-8-10-27-20(17)6-5-19(24)26)15(4)29-25(22)18-11-14(3)12-21-16(18)7-9-28-21;1-4-15-22(23-17-10-12-27-20(17)8-6-18(23)25)14(3)28-24(15)21-13(2)5-7-19-16(21)9-11-26-19/h6-14,28-30H,5H2,1-4H3;2*5-13,27-29H,1-4H3;5-12,26-28H,4H2,1-3H3. The van der Waals surface area contributed by atoms with E-state index in [9.17, 15) is 0 Å². The lowest BCUT2D eigenvalue weighted by Crippen LogP contribution is -1.95. The molecule has 20 aromatic rings. The zero-order valence-corrected chi connectivity index (χ0v) is 71.2. The molecule has 584 valence electrons. The second-order valence-corrected chi connectivity index (χ2v) is 33.7. The van der Waals surface area contributed by atoms with Crippen LogP contribution in [0.1, 0.15) is 140 Å². The largest absolute Gasteiger partial charge is 0.361 e. The molecule has 12 nitrogen and oxygen atoms in total. The summed E-state index contributed by atoms with van der Waals surface area (Å²) in [6.45, 7) is 33.1. The van der Waals surface area contributed by atoms with Gasteiger partial charge in [-0.2, -0.15) is 0 Å². The molecule has 16 heteroatoms. The monoisotopic (exact) mass is 1600 g/mol. The Morgan fingerprint density at radius 2 is 0.543 bits per heavy atom. The van der Waals surface area contributed by atoms with E-state index in [1.807, 2.05) is 98.1 Å². The van der Waals surface area contributed by atoms with Crippen molar-refractivity contribution in [2.45, 2.75) is 134 Å². The van der Waals surface area contributed by atoms with Gasteiger partial charge in [-0.1, -0.05) is 114 Å². The van der Waals surface area contributed by atoms with Crippen molar-refractivity contribution in [2.24, 2.45) is 0 Å². The molecule has 8 aromatic carbocycles. The Morgan fingerprint density at radius 3 is 0.905 bits per heavy atom. The second-order valence-electron chi connectivity index (χ2n) is 32.1. The number of rotatable bonds is 13. The van der Waals surface area contributed by atoms with E-state index < -0.39 is 0 Å². The van der Waals surface area contributed by atoms with Gasteiger partial charge in [0.05, 0.1) is 22.8 Å². The molecule has 116 heavy (non-hydrogen) atoms. The van der Waals surface area contributed by atoms with Gasteiger partial charge in [0.1, 0.15) is 0 Å². The molecule has 0 atom stereocenters. The second kappa shape index (κ2) is 30.9. The number of hydrogen-bond acceptors (Lipinski definition) is 0. The highest BCUT2D eigenvalue weighted by Gasteiger charge is 2.30. The van der Waals surface area contributed by atoms with E-state index in [-0.39, 0.29) is 0 Å². The van der Waals surface area contributed by atoms with Crippen LogP contribution in [0.25, 0.3) is 177 Å². The third kappa shape index (κ3) is 13.2. The number of nitrogens with one attached hydrogen (secondary N) is 12. The van der Waals surface area contributed by atoms with Crippen LogP contribution in [0.5, 0.6) is 0 Å². The SMILES string of the molecule is CCc1c(-c2c(C)ccc3[nH]ccc23)[nH]c(C)c1-c1c(Cl)ccc2[nH]ccc12.CCc1cc(-c2[nH]c(C)c(-c3c(Cl)ccc4[nH]ccc34)c2C(C)C)c2cc[nH]c2c1.Cc1cc(-c2[nH]c(C)c(-c3c(Cl)ccc4[nH]ccc34)c2C(C)C)c2cc[nH]c2c1.Cc1ccc2[nH]ccc2c1-c1[nH]c(C)c(-c2c(Cl)ccc3[nH]ccc23)c1C(C)C. The van der Waals surface area contributed by atoms with Gasteiger partial charge in [-0.25, -0.2) is 0 Å². The number of halogens is 4. The molecule has 0 aliphatic heterocycles. The highest BCUT2D eigenvalue weighted by atomic mass is 35.5. The van der Waals surface area contributed by atoms with E-state index in [0.29, 0.717) is 17.8 Å². The van der Waals surface area contributed by atoms with Crippen LogP contribution in [-0.2, 0) is 12.8 Å². The molecule has 0 bridgehead atoms. The molecule has 0 fully saturated rings. The van der Waals surface area contributed by atoms with Gasteiger partial charge in [-0.3, -0.25) is 0 Å². The van der Waals surface area contributed by atoms with Crippen LogP contribution in [0.3, 0.4) is 0 Å². The van der Waals surface area contributed by atoms with Gasteiger partial charge in [0.25, 0.3) is 0 Å². The number of aromatic amines is 12. The van der Waals surface area contributed by atoms with Crippen molar-refractivity contribution in [3.8, 4) is 89.5 Å². The summed E-state index contributed by atoms with van der Waals surface area (Å²) in [6.07, 6.45) is 17.9. The number of aromatic nitrogens is 12. The molecule has 0 radical (unpaired) electrons. The van der Waals surface area contributed by atoms with Crippen LogP contribution in [-0.4, -0.2) is 59.8 Å². The lowest BCUT2D eigenvalue weighted by Gasteiger charge is -2.15. The average molecular weight is 1610 g/mol. The maximum absolute atomic E-state index is 6.79. The summed E-state index contributed by atoms with van der Waals surface area (Å²) in [5.41, 5.74) is 43.1. The lowest BCUT2D eigenvalue weighted by molar-refractivity contribution is 0.873. The van der Waals surface area contributed by atoms with Crippen LogP contribution < -0.4 is 0 Å². The van der Waals surface area contributed by atoms with Crippen molar-refractivity contribution in [3.63, 3.8) is 0 Å². The highest BCUT2D eigenvalue weighted by molar-refractivity contribution is 6.37. The van der Waals surface area contributed by atoms with Gasteiger partial charge in [0.15, 0.2) is 0 Å². The minimum Gasteiger partial charge on any atom is -0.361 e. The molecule has 12 heterocycles. The van der Waals surface area contributed by atoms with Gasteiger partial charge < -0.3 is 59.8 Å². The number of aryl methyl sites for hydroxylation is 8. The fraction of sp³-hybridized carbons (Fsp3) is 0.200. The predicted molar refractivity (Wildman–Crippen MR) is 496 cm³/mol. The first-order valence-corrected chi connectivity index (χ1v) is 41.8. The molecule has 0 aliphatic rings. The van der Waals surface area contributed by atoms with Crippen LogP contribution in [0.4, 0.5) is 0 Å². The van der Waals surface area contributed by atoms with Crippen LogP contribution in [0, 0.1) is 48.5 Å². The van der Waals surface area contributed by atoms with Gasteiger partial charge >= 0.3 is 0 Å². The van der Waals surface area contributed by atoms with E-state index in [1.54, 1.807) is 0 Å². The van der Waals surface area contributed by atoms with E-state index in [2.05, 4.69) is 261 Å². The Balaban J connectivity index is 0.000000111. The van der Waals surface area contributed by atoms with Crippen molar-refractivity contribution < 1.29 is 0 Å². The quantitative estimate of drug-likeness (QED) is 0.0524. The predicted octanol–water partition coefficient (Wildman–Crippen LogP) is 30.5. The van der Waals surface area contributed by atoms with Crippen LogP contribution in [0.15, 0.2) is 195 Å². The number of H-pyrrole nitrogens is 12. The Bertz CT molecular complexity index is 7140. The molecule has 0 amide bonds. The maximum atomic E-state index is 6.79.